The fraction of sp³-hybridized carbons (Fsp3) is 1.00. The number of fused-ring (bicyclic) bond motifs is 2. The van der Waals surface area contributed by atoms with Crippen LogP contribution in [0.25, 0.3) is 0 Å². The average molecular weight is 178 g/mol. The number of rotatable bonds is 1. The molecule has 0 saturated heterocycles. The summed E-state index contributed by atoms with van der Waals surface area (Å²) < 4.78 is 0. The van der Waals surface area contributed by atoms with Crippen LogP contribution >= 0.6 is 0 Å². The van der Waals surface area contributed by atoms with E-state index in [0.717, 1.165) is 17.8 Å². The first-order chi connectivity index (χ1) is 6.42. The molecule has 0 aromatic rings. The maximum absolute atomic E-state index is 1.61. The van der Waals surface area contributed by atoms with Gasteiger partial charge in [0.15, 0.2) is 0 Å². The van der Waals surface area contributed by atoms with E-state index < -0.39 is 0 Å². The first-order valence-electron chi connectivity index (χ1n) is 6.42. The van der Waals surface area contributed by atoms with E-state index in [-0.39, 0.29) is 0 Å². The van der Waals surface area contributed by atoms with Gasteiger partial charge < -0.3 is 0 Å². The van der Waals surface area contributed by atoms with E-state index in [1.165, 1.54) is 5.92 Å². The van der Waals surface area contributed by atoms with Crippen LogP contribution in [-0.2, 0) is 0 Å². The lowest BCUT2D eigenvalue weighted by atomic mass is 9.80. The first kappa shape index (κ1) is 8.32. The smallest absolute Gasteiger partial charge is 0.0383 e. The van der Waals surface area contributed by atoms with Crippen molar-refractivity contribution in [2.24, 2.45) is 23.7 Å². The Balaban J connectivity index is 1.67. The average Bonchev–Trinajstić information content (AvgIpc) is 2.94. The molecular formula is C13H22. The summed E-state index contributed by atoms with van der Waals surface area (Å²) in [7, 11) is 0. The van der Waals surface area contributed by atoms with Crippen LogP contribution in [0.15, 0.2) is 0 Å². The van der Waals surface area contributed by atoms with Crippen molar-refractivity contribution in [1.82, 2.24) is 0 Å². The third kappa shape index (κ3) is 1.78. The van der Waals surface area contributed by atoms with Crippen molar-refractivity contribution in [3.8, 4) is 0 Å². The Morgan fingerprint density at radius 1 is 0.538 bits per heavy atom. The van der Waals surface area contributed by atoms with Crippen LogP contribution in [0, 0.1) is 23.7 Å². The minimum Gasteiger partial charge on any atom is -0.0528 e. The summed E-state index contributed by atoms with van der Waals surface area (Å²) in [5, 5.41) is 0. The standard InChI is InChI=1S/C13H22/c1-2-10-4-5-13(12-6-7-12)9-11(3-1)8-10/h10-13H,1-9H2/t10-,11+,13?/m0/s1. The molecule has 0 nitrogen and oxygen atoms in total. The van der Waals surface area contributed by atoms with Crippen molar-refractivity contribution in [3.05, 3.63) is 0 Å². The van der Waals surface area contributed by atoms with Gasteiger partial charge in [0, 0.05) is 0 Å². The van der Waals surface area contributed by atoms with Gasteiger partial charge in [0.25, 0.3) is 0 Å². The maximum Gasteiger partial charge on any atom is -0.0383 e. The Labute approximate surface area is 82.1 Å². The molecule has 0 aromatic carbocycles. The van der Waals surface area contributed by atoms with Crippen LogP contribution < -0.4 is 0 Å². The highest BCUT2D eigenvalue weighted by Gasteiger charge is 2.36. The van der Waals surface area contributed by atoms with Crippen molar-refractivity contribution < 1.29 is 0 Å². The SMILES string of the molecule is C1C[C@H]2CCC(C3CC3)C[C@H](C1)C2. The molecule has 3 fully saturated rings. The lowest BCUT2D eigenvalue weighted by molar-refractivity contribution is 0.260. The Morgan fingerprint density at radius 3 is 2.15 bits per heavy atom. The first-order valence-corrected chi connectivity index (χ1v) is 6.42. The molecule has 0 aliphatic heterocycles. The molecular weight excluding hydrogens is 156 g/mol. The van der Waals surface area contributed by atoms with Crippen molar-refractivity contribution in [3.63, 3.8) is 0 Å². The van der Waals surface area contributed by atoms with Crippen LogP contribution in [0.3, 0.4) is 0 Å². The highest BCUT2D eigenvalue weighted by molar-refractivity contribution is 4.87. The second-order valence-electron chi connectivity index (χ2n) is 5.81. The topological polar surface area (TPSA) is 0 Å². The third-order valence-electron chi connectivity index (χ3n) is 4.76. The summed E-state index contributed by atoms with van der Waals surface area (Å²) in [5.74, 6) is 4.63. The van der Waals surface area contributed by atoms with Gasteiger partial charge in [0.2, 0.25) is 0 Å². The zero-order valence-corrected chi connectivity index (χ0v) is 8.67. The van der Waals surface area contributed by atoms with E-state index >= 15 is 0 Å². The van der Waals surface area contributed by atoms with E-state index in [1.807, 2.05) is 0 Å². The summed E-state index contributed by atoms with van der Waals surface area (Å²) in [6.07, 6.45) is 14.2. The monoisotopic (exact) mass is 178 g/mol. The summed E-state index contributed by atoms with van der Waals surface area (Å²) >= 11 is 0. The zero-order valence-electron chi connectivity index (χ0n) is 8.67. The van der Waals surface area contributed by atoms with E-state index in [9.17, 15) is 0 Å². The second-order valence-corrected chi connectivity index (χ2v) is 5.81. The summed E-state index contributed by atoms with van der Waals surface area (Å²) in [6.45, 7) is 0. The summed E-state index contributed by atoms with van der Waals surface area (Å²) in [5.41, 5.74) is 0. The highest BCUT2D eigenvalue weighted by Crippen LogP contribution is 2.48. The molecule has 0 spiro atoms. The molecule has 74 valence electrons. The number of hydrogen-bond donors (Lipinski definition) is 0. The molecule has 1 unspecified atom stereocenters. The normalized spacial score (nSPS) is 45.7. The largest absolute Gasteiger partial charge is 0.0528 e. The summed E-state index contributed by atoms with van der Waals surface area (Å²) in [4.78, 5) is 0. The fourth-order valence-corrected chi connectivity index (χ4v) is 3.87. The van der Waals surface area contributed by atoms with Gasteiger partial charge in [0.1, 0.15) is 0 Å². The van der Waals surface area contributed by atoms with E-state index in [4.69, 9.17) is 0 Å². The van der Waals surface area contributed by atoms with Gasteiger partial charge in [-0.3, -0.25) is 0 Å². The minimum absolute atomic E-state index is 1.14. The van der Waals surface area contributed by atoms with Crippen molar-refractivity contribution in [1.29, 1.82) is 0 Å². The molecule has 3 aliphatic rings. The lowest BCUT2D eigenvalue weighted by Gasteiger charge is -2.26. The van der Waals surface area contributed by atoms with E-state index in [2.05, 4.69) is 0 Å². The van der Waals surface area contributed by atoms with Gasteiger partial charge in [-0.2, -0.15) is 0 Å². The van der Waals surface area contributed by atoms with Crippen molar-refractivity contribution in [2.75, 3.05) is 0 Å². The molecule has 3 aliphatic carbocycles. The molecule has 0 heterocycles. The van der Waals surface area contributed by atoms with Gasteiger partial charge >= 0.3 is 0 Å². The molecule has 13 heavy (non-hydrogen) atoms. The zero-order chi connectivity index (χ0) is 8.67. The predicted octanol–water partition coefficient (Wildman–Crippen LogP) is 4.00. The van der Waals surface area contributed by atoms with Gasteiger partial charge in [-0.25, -0.2) is 0 Å². The molecule has 3 atom stereocenters. The second kappa shape index (κ2) is 3.29. The van der Waals surface area contributed by atoms with Gasteiger partial charge in [-0.05, 0) is 55.8 Å². The van der Waals surface area contributed by atoms with Crippen LogP contribution in [0.5, 0.6) is 0 Å². The highest BCUT2D eigenvalue weighted by atomic mass is 14.4. The molecule has 3 rings (SSSR count). The van der Waals surface area contributed by atoms with Crippen LogP contribution in [0.1, 0.15) is 57.8 Å². The Hall–Kier alpha value is 0. The molecule has 0 amide bonds. The maximum atomic E-state index is 1.61. The Bertz CT molecular complexity index is 180. The van der Waals surface area contributed by atoms with Gasteiger partial charge in [0.05, 0.1) is 0 Å². The molecule has 0 N–H and O–H groups in total. The predicted molar refractivity (Wildman–Crippen MR) is 55.5 cm³/mol. The van der Waals surface area contributed by atoms with Crippen LogP contribution in [0.2, 0.25) is 0 Å². The minimum atomic E-state index is 1.14. The molecule has 0 aromatic heterocycles. The van der Waals surface area contributed by atoms with Gasteiger partial charge in [-0.15, -0.1) is 0 Å². The molecule has 0 radical (unpaired) electrons. The summed E-state index contributed by atoms with van der Waals surface area (Å²) in [6, 6.07) is 0. The Morgan fingerprint density at radius 2 is 1.31 bits per heavy atom. The van der Waals surface area contributed by atoms with E-state index in [0.29, 0.717) is 0 Å². The molecule has 0 heteroatoms. The van der Waals surface area contributed by atoms with Crippen LogP contribution in [0.4, 0.5) is 0 Å². The lowest BCUT2D eigenvalue weighted by Crippen LogP contribution is -2.13. The van der Waals surface area contributed by atoms with E-state index in [1.54, 1.807) is 57.8 Å². The molecule has 3 saturated carbocycles. The fourth-order valence-electron chi connectivity index (χ4n) is 3.87. The van der Waals surface area contributed by atoms with Crippen molar-refractivity contribution in [2.45, 2.75) is 57.8 Å². The quantitative estimate of drug-likeness (QED) is 0.569. The van der Waals surface area contributed by atoms with Crippen LogP contribution in [-0.4, -0.2) is 0 Å². The Kier molecular flexibility index (Phi) is 2.11. The van der Waals surface area contributed by atoms with Gasteiger partial charge in [-0.1, -0.05) is 25.7 Å². The third-order valence-corrected chi connectivity index (χ3v) is 4.76. The number of hydrogen-bond acceptors (Lipinski definition) is 0. The van der Waals surface area contributed by atoms with Crippen molar-refractivity contribution >= 4 is 0 Å². The molecule has 2 bridgehead atoms.